The molecule has 2 aromatic carbocycles. The van der Waals surface area contributed by atoms with Gasteiger partial charge in [-0.1, -0.05) is 42.5 Å². The van der Waals surface area contributed by atoms with Crippen LogP contribution in [0.2, 0.25) is 0 Å². The zero-order valence-electron chi connectivity index (χ0n) is 11.6. The molecule has 0 bridgehead atoms. The van der Waals surface area contributed by atoms with Gasteiger partial charge in [0, 0.05) is 6.04 Å². The van der Waals surface area contributed by atoms with Gasteiger partial charge in [-0.15, -0.1) is 0 Å². The maximum atomic E-state index is 3.26. The molecule has 0 amide bonds. The maximum absolute atomic E-state index is 3.26. The molecule has 0 saturated carbocycles. The van der Waals surface area contributed by atoms with E-state index < -0.39 is 0 Å². The molecule has 0 aliphatic heterocycles. The summed E-state index contributed by atoms with van der Waals surface area (Å²) >= 11 is 0. The Balaban J connectivity index is 2.37. The van der Waals surface area contributed by atoms with E-state index in [1.54, 1.807) is 0 Å². The standard InChI is InChI=1S/C17H21N/c1-12-6-5-7-17(13(12)2)16-10-8-15(9-11-16)14(3)18-4/h5-11,14,18H,1-4H3. The monoisotopic (exact) mass is 239 g/mol. The summed E-state index contributed by atoms with van der Waals surface area (Å²) in [6, 6.07) is 15.7. The molecule has 1 atom stereocenters. The molecule has 1 N–H and O–H groups in total. The lowest BCUT2D eigenvalue weighted by Gasteiger charge is -2.13. The molecule has 0 aliphatic rings. The molecular weight excluding hydrogens is 218 g/mol. The molecule has 0 heterocycles. The first kappa shape index (κ1) is 12.8. The second kappa shape index (κ2) is 5.36. The minimum absolute atomic E-state index is 0.401. The van der Waals surface area contributed by atoms with E-state index in [-0.39, 0.29) is 0 Å². The summed E-state index contributed by atoms with van der Waals surface area (Å²) in [5.74, 6) is 0. The molecule has 0 spiro atoms. The molecule has 2 rings (SSSR count). The SMILES string of the molecule is CNC(C)c1ccc(-c2cccc(C)c2C)cc1. The summed E-state index contributed by atoms with van der Waals surface area (Å²) in [6.07, 6.45) is 0. The van der Waals surface area contributed by atoms with Crippen molar-refractivity contribution >= 4 is 0 Å². The fourth-order valence-corrected chi connectivity index (χ4v) is 2.18. The summed E-state index contributed by atoms with van der Waals surface area (Å²) in [5.41, 5.74) is 6.67. The Bertz CT molecular complexity index is 526. The van der Waals surface area contributed by atoms with Gasteiger partial charge in [0.05, 0.1) is 0 Å². The van der Waals surface area contributed by atoms with Gasteiger partial charge in [-0.2, -0.15) is 0 Å². The second-order valence-corrected chi connectivity index (χ2v) is 4.88. The van der Waals surface area contributed by atoms with Crippen molar-refractivity contribution in [3.63, 3.8) is 0 Å². The number of nitrogens with one attached hydrogen (secondary N) is 1. The van der Waals surface area contributed by atoms with Crippen molar-refractivity contribution in [3.8, 4) is 11.1 Å². The smallest absolute Gasteiger partial charge is 0.0289 e. The normalized spacial score (nSPS) is 12.4. The average Bonchev–Trinajstić information content (AvgIpc) is 2.41. The summed E-state index contributed by atoms with van der Waals surface area (Å²) in [7, 11) is 1.99. The van der Waals surface area contributed by atoms with Crippen molar-refractivity contribution in [2.45, 2.75) is 26.8 Å². The van der Waals surface area contributed by atoms with Crippen LogP contribution in [-0.2, 0) is 0 Å². The van der Waals surface area contributed by atoms with Crippen LogP contribution in [-0.4, -0.2) is 7.05 Å². The summed E-state index contributed by atoms with van der Waals surface area (Å²) in [5, 5.41) is 3.26. The molecule has 0 aliphatic carbocycles. The van der Waals surface area contributed by atoms with Crippen LogP contribution in [0.1, 0.15) is 29.7 Å². The zero-order chi connectivity index (χ0) is 13.1. The molecule has 94 valence electrons. The van der Waals surface area contributed by atoms with E-state index in [9.17, 15) is 0 Å². The van der Waals surface area contributed by atoms with Gasteiger partial charge >= 0.3 is 0 Å². The Morgan fingerprint density at radius 1 is 0.944 bits per heavy atom. The molecule has 0 saturated heterocycles. The lowest BCUT2D eigenvalue weighted by molar-refractivity contribution is 0.652. The van der Waals surface area contributed by atoms with E-state index in [4.69, 9.17) is 0 Å². The van der Waals surface area contributed by atoms with Crippen LogP contribution in [0.15, 0.2) is 42.5 Å². The van der Waals surface area contributed by atoms with Crippen LogP contribution >= 0.6 is 0 Å². The van der Waals surface area contributed by atoms with Crippen molar-refractivity contribution < 1.29 is 0 Å². The van der Waals surface area contributed by atoms with Crippen LogP contribution in [0, 0.1) is 13.8 Å². The highest BCUT2D eigenvalue weighted by Gasteiger charge is 2.05. The highest BCUT2D eigenvalue weighted by atomic mass is 14.8. The minimum Gasteiger partial charge on any atom is -0.313 e. The van der Waals surface area contributed by atoms with E-state index in [1.165, 1.54) is 27.8 Å². The molecular formula is C17H21N. The van der Waals surface area contributed by atoms with Crippen LogP contribution in [0.25, 0.3) is 11.1 Å². The molecule has 0 aromatic heterocycles. The number of hydrogen-bond acceptors (Lipinski definition) is 1. The van der Waals surface area contributed by atoms with Crippen LogP contribution in [0.5, 0.6) is 0 Å². The van der Waals surface area contributed by atoms with Crippen LogP contribution < -0.4 is 5.32 Å². The van der Waals surface area contributed by atoms with Gasteiger partial charge in [0.2, 0.25) is 0 Å². The van der Waals surface area contributed by atoms with Crippen molar-refractivity contribution in [3.05, 3.63) is 59.2 Å². The van der Waals surface area contributed by atoms with Crippen LogP contribution in [0.3, 0.4) is 0 Å². The third-order valence-electron chi connectivity index (χ3n) is 3.76. The molecule has 18 heavy (non-hydrogen) atoms. The van der Waals surface area contributed by atoms with Crippen LogP contribution in [0.4, 0.5) is 0 Å². The first-order valence-electron chi connectivity index (χ1n) is 6.47. The maximum Gasteiger partial charge on any atom is 0.0289 e. The molecule has 0 radical (unpaired) electrons. The molecule has 1 nitrogen and oxygen atoms in total. The van der Waals surface area contributed by atoms with Gasteiger partial charge in [-0.25, -0.2) is 0 Å². The second-order valence-electron chi connectivity index (χ2n) is 4.88. The lowest BCUT2D eigenvalue weighted by atomic mass is 9.95. The highest BCUT2D eigenvalue weighted by molar-refractivity contribution is 5.68. The predicted molar refractivity (Wildman–Crippen MR) is 78.8 cm³/mol. The number of rotatable bonds is 3. The summed E-state index contributed by atoms with van der Waals surface area (Å²) in [4.78, 5) is 0. The Kier molecular flexibility index (Phi) is 3.83. The van der Waals surface area contributed by atoms with E-state index in [1.807, 2.05) is 7.05 Å². The number of hydrogen-bond donors (Lipinski definition) is 1. The van der Waals surface area contributed by atoms with E-state index in [0.29, 0.717) is 6.04 Å². The van der Waals surface area contributed by atoms with E-state index >= 15 is 0 Å². The first-order chi connectivity index (χ1) is 8.63. The quantitative estimate of drug-likeness (QED) is 0.844. The van der Waals surface area contributed by atoms with E-state index in [0.717, 1.165) is 0 Å². The third kappa shape index (κ3) is 2.46. The lowest BCUT2D eigenvalue weighted by Crippen LogP contribution is -2.11. The van der Waals surface area contributed by atoms with Crippen molar-refractivity contribution in [2.75, 3.05) is 7.05 Å². The third-order valence-corrected chi connectivity index (χ3v) is 3.76. The molecule has 1 heteroatoms. The first-order valence-corrected chi connectivity index (χ1v) is 6.47. The van der Waals surface area contributed by atoms with Crippen molar-refractivity contribution in [2.24, 2.45) is 0 Å². The van der Waals surface area contributed by atoms with Gasteiger partial charge in [-0.05, 0) is 55.6 Å². The zero-order valence-corrected chi connectivity index (χ0v) is 11.6. The summed E-state index contributed by atoms with van der Waals surface area (Å²) in [6.45, 7) is 6.53. The van der Waals surface area contributed by atoms with Crippen molar-refractivity contribution in [1.82, 2.24) is 5.32 Å². The predicted octanol–water partition coefficient (Wildman–Crippen LogP) is 4.25. The number of benzene rings is 2. The van der Waals surface area contributed by atoms with E-state index in [2.05, 4.69) is 68.6 Å². The fourth-order valence-electron chi connectivity index (χ4n) is 2.18. The summed E-state index contributed by atoms with van der Waals surface area (Å²) < 4.78 is 0. The topological polar surface area (TPSA) is 12.0 Å². The van der Waals surface area contributed by atoms with Gasteiger partial charge in [0.25, 0.3) is 0 Å². The Hall–Kier alpha value is -1.60. The van der Waals surface area contributed by atoms with Crippen molar-refractivity contribution in [1.29, 1.82) is 0 Å². The Morgan fingerprint density at radius 2 is 1.61 bits per heavy atom. The Labute approximate surface area is 110 Å². The fraction of sp³-hybridized carbons (Fsp3) is 0.294. The Morgan fingerprint density at radius 3 is 2.22 bits per heavy atom. The van der Waals surface area contributed by atoms with Gasteiger partial charge in [0.1, 0.15) is 0 Å². The average molecular weight is 239 g/mol. The van der Waals surface area contributed by atoms with Gasteiger partial charge in [0.15, 0.2) is 0 Å². The number of aryl methyl sites for hydroxylation is 1. The minimum atomic E-state index is 0.401. The van der Waals surface area contributed by atoms with Gasteiger partial charge < -0.3 is 5.32 Å². The van der Waals surface area contributed by atoms with Gasteiger partial charge in [-0.3, -0.25) is 0 Å². The molecule has 0 fully saturated rings. The molecule has 1 unspecified atom stereocenters. The largest absolute Gasteiger partial charge is 0.313 e. The molecule has 2 aromatic rings. The highest BCUT2D eigenvalue weighted by Crippen LogP contribution is 2.26.